The molecular weight excluding hydrogens is 318 g/mol. The Labute approximate surface area is 152 Å². The lowest BCUT2D eigenvalue weighted by atomic mass is 9.81. The normalized spacial score (nSPS) is 22.8. The molecule has 0 saturated carbocycles. The summed E-state index contributed by atoms with van der Waals surface area (Å²) in [5.41, 5.74) is -0.397. The maximum atomic E-state index is 13.0. The summed E-state index contributed by atoms with van der Waals surface area (Å²) in [5.74, 6) is 0. The first kappa shape index (κ1) is 19.9. The second-order valence-corrected chi connectivity index (χ2v) is 9.31. The summed E-state index contributed by atoms with van der Waals surface area (Å²) in [4.78, 5) is 30.9. The van der Waals surface area contributed by atoms with Crippen LogP contribution >= 0.6 is 0 Å². The number of hydrogen-bond acceptors (Lipinski definition) is 3. The van der Waals surface area contributed by atoms with E-state index < -0.39 is 5.60 Å². The van der Waals surface area contributed by atoms with Crippen molar-refractivity contribution in [3.63, 3.8) is 0 Å². The van der Waals surface area contributed by atoms with Gasteiger partial charge in [-0.05, 0) is 45.4 Å². The Bertz CT molecular complexity index is 485. The summed E-state index contributed by atoms with van der Waals surface area (Å²) in [6.45, 7) is 15.3. The standard InChI is InChI=1S/C19H35N3O3/c1-18(2,3)15-9-7-8-10-22(15)16(23)20-11-13-21(14-12-20)17(24)25-19(4,5)6/h15H,7-14H2,1-6H3. The van der Waals surface area contributed by atoms with E-state index in [0.29, 0.717) is 26.2 Å². The Balaban J connectivity index is 1.93. The molecule has 3 amide bonds. The van der Waals surface area contributed by atoms with Gasteiger partial charge in [0.25, 0.3) is 0 Å². The molecule has 2 aliphatic rings. The molecule has 144 valence electrons. The molecule has 0 bridgehead atoms. The second kappa shape index (κ2) is 7.42. The van der Waals surface area contributed by atoms with Crippen LogP contribution in [-0.4, -0.2) is 71.2 Å². The lowest BCUT2D eigenvalue weighted by Crippen LogP contribution is -2.59. The third kappa shape index (κ3) is 5.25. The van der Waals surface area contributed by atoms with E-state index in [1.807, 2.05) is 25.7 Å². The number of urea groups is 1. The number of piperazine rings is 1. The minimum atomic E-state index is -0.488. The van der Waals surface area contributed by atoms with Crippen LogP contribution in [0.1, 0.15) is 60.8 Å². The molecule has 1 atom stereocenters. The van der Waals surface area contributed by atoms with Crippen LogP contribution in [0.5, 0.6) is 0 Å². The molecule has 2 aliphatic heterocycles. The van der Waals surface area contributed by atoms with Crippen molar-refractivity contribution in [1.29, 1.82) is 0 Å². The van der Waals surface area contributed by atoms with Crippen LogP contribution in [0.3, 0.4) is 0 Å². The SMILES string of the molecule is CC(C)(C)OC(=O)N1CCN(C(=O)N2CCCCC2C(C)(C)C)CC1. The molecule has 0 radical (unpaired) electrons. The Morgan fingerprint density at radius 2 is 1.40 bits per heavy atom. The molecule has 0 aromatic rings. The van der Waals surface area contributed by atoms with Gasteiger partial charge in [0, 0.05) is 38.8 Å². The second-order valence-electron chi connectivity index (χ2n) is 9.31. The van der Waals surface area contributed by atoms with Crippen LogP contribution in [0, 0.1) is 5.41 Å². The Kier molecular flexibility index (Phi) is 5.89. The zero-order valence-electron chi connectivity index (χ0n) is 16.8. The van der Waals surface area contributed by atoms with Crippen LogP contribution in [-0.2, 0) is 4.74 Å². The highest BCUT2D eigenvalue weighted by atomic mass is 16.6. The van der Waals surface area contributed by atoms with Gasteiger partial charge >= 0.3 is 12.1 Å². The van der Waals surface area contributed by atoms with E-state index >= 15 is 0 Å². The monoisotopic (exact) mass is 353 g/mol. The molecular formula is C19H35N3O3. The molecule has 2 fully saturated rings. The van der Waals surface area contributed by atoms with Crippen LogP contribution < -0.4 is 0 Å². The molecule has 6 heteroatoms. The maximum Gasteiger partial charge on any atom is 0.410 e. The number of likely N-dealkylation sites (tertiary alicyclic amines) is 1. The van der Waals surface area contributed by atoms with Gasteiger partial charge in [-0.3, -0.25) is 0 Å². The summed E-state index contributed by atoms with van der Waals surface area (Å²) in [6, 6.07) is 0.418. The third-order valence-corrected chi connectivity index (χ3v) is 4.95. The smallest absolute Gasteiger partial charge is 0.410 e. The van der Waals surface area contributed by atoms with Gasteiger partial charge < -0.3 is 19.4 Å². The van der Waals surface area contributed by atoms with Crippen LogP contribution in [0.25, 0.3) is 0 Å². The maximum absolute atomic E-state index is 13.0. The average molecular weight is 354 g/mol. The van der Waals surface area contributed by atoms with Gasteiger partial charge in [0.05, 0.1) is 0 Å². The molecule has 0 aromatic carbocycles. The van der Waals surface area contributed by atoms with Crippen molar-refractivity contribution in [2.45, 2.75) is 72.4 Å². The first-order valence-corrected chi connectivity index (χ1v) is 9.52. The van der Waals surface area contributed by atoms with Crippen molar-refractivity contribution in [1.82, 2.24) is 14.7 Å². The minimum absolute atomic E-state index is 0.0917. The lowest BCUT2D eigenvalue weighted by molar-refractivity contribution is 0.0126. The molecule has 1 unspecified atom stereocenters. The molecule has 6 nitrogen and oxygen atoms in total. The number of piperidine rings is 1. The number of amides is 3. The van der Waals surface area contributed by atoms with Gasteiger partial charge in [-0.15, -0.1) is 0 Å². The Morgan fingerprint density at radius 1 is 0.840 bits per heavy atom. The molecule has 0 aromatic heterocycles. The number of hydrogen-bond donors (Lipinski definition) is 0. The largest absolute Gasteiger partial charge is 0.444 e. The molecule has 0 spiro atoms. The molecule has 2 saturated heterocycles. The third-order valence-electron chi connectivity index (χ3n) is 4.95. The summed E-state index contributed by atoms with van der Waals surface area (Å²) >= 11 is 0. The van der Waals surface area contributed by atoms with Gasteiger partial charge in [-0.1, -0.05) is 20.8 Å². The number of ether oxygens (including phenoxy) is 1. The van der Waals surface area contributed by atoms with E-state index in [0.717, 1.165) is 19.4 Å². The predicted octanol–water partition coefficient (Wildman–Crippen LogP) is 3.56. The molecule has 2 rings (SSSR count). The number of carbonyl (C=O) groups is 2. The van der Waals surface area contributed by atoms with E-state index in [2.05, 4.69) is 25.7 Å². The van der Waals surface area contributed by atoms with Gasteiger partial charge in [0.1, 0.15) is 5.60 Å². The average Bonchev–Trinajstić information content (AvgIpc) is 2.52. The quantitative estimate of drug-likeness (QED) is 0.669. The Hall–Kier alpha value is -1.46. The Morgan fingerprint density at radius 3 is 1.92 bits per heavy atom. The number of carbonyl (C=O) groups excluding carboxylic acids is 2. The highest BCUT2D eigenvalue weighted by Crippen LogP contribution is 2.32. The fourth-order valence-electron chi connectivity index (χ4n) is 3.65. The van der Waals surface area contributed by atoms with Crippen molar-refractivity contribution in [2.75, 3.05) is 32.7 Å². The highest BCUT2D eigenvalue weighted by molar-refractivity contribution is 5.76. The van der Waals surface area contributed by atoms with Crippen LogP contribution in [0.4, 0.5) is 9.59 Å². The topological polar surface area (TPSA) is 53.1 Å². The molecule has 2 heterocycles. The van der Waals surface area contributed by atoms with Gasteiger partial charge in [-0.2, -0.15) is 0 Å². The summed E-state index contributed by atoms with van der Waals surface area (Å²) in [5, 5.41) is 0. The van der Waals surface area contributed by atoms with E-state index in [9.17, 15) is 9.59 Å². The summed E-state index contributed by atoms with van der Waals surface area (Å²) in [7, 11) is 0. The zero-order chi connectivity index (χ0) is 18.8. The van der Waals surface area contributed by atoms with Crippen LogP contribution in [0.15, 0.2) is 0 Å². The number of rotatable bonds is 0. The van der Waals surface area contributed by atoms with Crippen molar-refractivity contribution in [3.8, 4) is 0 Å². The first-order chi connectivity index (χ1) is 11.5. The minimum Gasteiger partial charge on any atom is -0.444 e. The van der Waals surface area contributed by atoms with Gasteiger partial charge in [-0.25, -0.2) is 9.59 Å². The van der Waals surface area contributed by atoms with Crippen LogP contribution in [0.2, 0.25) is 0 Å². The predicted molar refractivity (Wildman–Crippen MR) is 98.6 cm³/mol. The van der Waals surface area contributed by atoms with Gasteiger partial charge in [0.15, 0.2) is 0 Å². The fraction of sp³-hybridized carbons (Fsp3) is 0.895. The zero-order valence-corrected chi connectivity index (χ0v) is 16.8. The summed E-state index contributed by atoms with van der Waals surface area (Å²) < 4.78 is 5.42. The van der Waals surface area contributed by atoms with Crippen molar-refractivity contribution in [2.24, 2.45) is 5.41 Å². The van der Waals surface area contributed by atoms with Gasteiger partial charge in [0.2, 0.25) is 0 Å². The molecule has 25 heavy (non-hydrogen) atoms. The fourth-order valence-corrected chi connectivity index (χ4v) is 3.65. The molecule has 0 aliphatic carbocycles. The lowest BCUT2D eigenvalue weighted by Gasteiger charge is -2.46. The van der Waals surface area contributed by atoms with E-state index in [4.69, 9.17) is 4.74 Å². The summed E-state index contributed by atoms with van der Waals surface area (Å²) in [6.07, 6.45) is 3.06. The van der Waals surface area contributed by atoms with Crippen molar-refractivity contribution >= 4 is 12.1 Å². The number of nitrogens with zero attached hydrogens (tertiary/aromatic N) is 3. The van der Waals surface area contributed by atoms with E-state index in [1.54, 1.807) is 4.90 Å². The van der Waals surface area contributed by atoms with E-state index in [1.165, 1.54) is 6.42 Å². The van der Waals surface area contributed by atoms with Crippen molar-refractivity contribution in [3.05, 3.63) is 0 Å². The highest BCUT2D eigenvalue weighted by Gasteiger charge is 2.38. The van der Waals surface area contributed by atoms with Crippen molar-refractivity contribution < 1.29 is 14.3 Å². The van der Waals surface area contributed by atoms with E-state index in [-0.39, 0.29) is 23.6 Å². The molecule has 0 N–H and O–H groups in total. The first-order valence-electron chi connectivity index (χ1n) is 9.52.